The van der Waals surface area contributed by atoms with Crippen LogP contribution >= 0.6 is 35.2 Å². The minimum Gasteiger partial charge on any atom is -0.361 e. The molecule has 0 aliphatic carbocycles. The van der Waals surface area contributed by atoms with Gasteiger partial charge in [-0.15, -0.1) is 11.3 Å². The third kappa shape index (κ3) is 7.08. The minimum absolute atomic E-state index is 0.142. The van der Waals surface area contributed by atoms with Crippen molar-refractivity contribution in [3.63, 3.8) is 0 Å². The predicted molar refractivity (Wildman–Crippen MR) is 104 cm³/mol. The molecule has 0 fully saturated rings. The number of carbonyl (C=O) groups excluding carboxylic acids is 2. The highest BCUT2D eigenvalue weighted by atomic mass is 35.5. The molecule has 2 amide bonds. The molecule has 1 heterocycles. The van der Waals surface area contributed by atoms with Crippen LogP contribution in [0.4, 0.5) is 0 Å². The van der Waals surface area contributed by atoms with Crippen molar-refractivity contribution in [3.8, 4) is 0 Å². The molecule has 0 aliphatic rings. The van der Waals surface area contributed by atoms with Gasteiger partial charge in [0.2, 0.25) is 0 Å². The molecule has 132 valence electrons. The van der Waals surface area contributed by atoms with Gasteiger partial charge in [0.05, 0.1) is 11.4 Å². The molecule has 25 heavy (non-hydrogen) atoms. The van der Waals surface area contributed by atoms with Crippen molar-refractivity contribution in [2.24, 2.45) is 0 Å². The van der Waals surface area contributed by atoms with Gasteiger partial charge >= 0.3 is 0 Å². The summed E-state index contributed by atoms with van der Waals surface area (Å²) in [5.41, 5.74) is 6.13. The Bertz CT molecular complexity index is 720. The number of hydrogen-bond donors (Lipinski definition) is 4. The summed E-state index contributed by atoms with van der Waals surface area (Å²) < 4.78 is 0. The third-order valence-electron chi connectivity index (χ3n) is 3.08. The Balaban J connectivity index is 1.58. The standard InChI is InChI=1S/C16H17ClN4O2S2/c17-12-5-3-11(4-6-12)7-8-18-16(24)21-20-14(22)10-19-15(23)13-2-1-9-25-13/h1-6,9H,7-8,10H2,(H,19,23)(H,20,22)(H2,18,21,24). The van der Waals surface area contributed by atoms with Gasteiger partial charge in [-0.05, 0) is 47.8 Å². The van der Waals surface area contributed by atoms with Gasteiger partial charge in [0.25, 0.3) is 11.8 Å². The first-order chi connectivity index (χ1) is 12.0. The van der Waals surface area contributed by atoms with Gasteiger partial charge in [0.1, 0.15) is 0 Å². The lowest BCUT2D eigenvalue weighted by atomic mass is 10.1. The van der Waals surface area contributed by atoms with Crippen molar-refractivity contribution in [2.45, 2.75) is 6.42 Å². The lowest BCUT2D eigenvalue weighted by Crippen LogP contribution is -2.50. The van der Waals surface area contributed by atoms with E-state index in [-0.39, 0.29) is 12.5 Å². The van der Waals surface area contributed by atoms with E-state index in [1.54, 1.807) is 17.5 Å². The maximum absolute atomic E-state index is 11.7. The average molecular weight is 397 g/mol. The van der Waals surface area contributed by atoms with E-state index in [0.717, 1.165) is 12.0 Å². The summed E-state index contributed by atoms with van der Waals surface area (Å²) in [7, 11) is 0. The number of hydrazine groups is 1. The van der Waals surface area contributed by atoms with Crippen LogP contribution < -0.4 is 21.5 Å². The maximum Gasteiger partial charge on any atom is 0.261 e. The lowest BCUT2D eigenvalue weighted by Gasteiger charge is -2.12. The maximum atomic E-state index is 11.7. The van der Waals surface area contributed by atoms with Gasteiger partial charge in [-0.3, -0.25) is 20.4 Å². The molecule has 4 N–H and O–H groups in total. The van der Waals surface area contributed by atoms with Crippen LogP contribution in [0, 0.1) is 0 Å². The summed E-state index contributed by atoms with van der Waals surface area (Å²) in [6.07, 6.45) is 0.768. The first kappa shape index (κ1) is 19.2. The second kappa shape index (κ2) is 9.97. The monoisotopic (exact) mass is 396 g/mol. The molecule has 2 rings (SSSR count). The van der Waals surface area contributed by atoms with E-state index in [2.05, 4.69) is 21.5 Å². The number of nitrogens with one attached hydrogen (secondary N) is 4. The van der Waals surface area contributed by atoms with Crippen molar-refractivity contribution < 1.29 is 9.59 Å². The summed E-state index contributed by atoms with van der Waals surface area (Å²) in [6.45, 7) is 0.468. The van der Waals surface area contributed by atoms with E-state index in [1.165, 1.54) is 11.3 Å². The van der Waals surface area contributed by atoms with Crippen LogP contribution in [0.25, 0.3) is 0 Å². The van der Waals surface area contributed by atoms with Gasteiger partial charge in [-0.2, -0.15) is 0 Å². The minimum atomic E-state index is -0.397. The van der Waals surface area contributed by atoms with Crippen molar-refractivity contribution in [1.29, 1.82) is 0 Å². The molecule has 0 radical (unpaired) electrons. The number of benzene rings is 1. The van der Waals surface area contributed by atoms with Crippen LogP contribution in [0.5, 0.6) is 0 Å². The first-order valence-electron chi connectivity index (χ1n) is 7.43. The van der Waals surface area contributed by atoms with E-state index in [9.17, 15) is 9.59 Å². The van der Waals surface area contributed by atoms with Crippen LogP contribution in [0.2, 0.25) is 5.02 Å². The molecule has 0 aliphatic heterocycles. The number of thiocarbonyl (C=S) groups is 1. The van der Waals surface area contributed by atoms with E-state index in [0.29, 0.717) is 21.6 Å². The number of thiophene rings is 1. The number of amides is 2. The fourth-order valence-corrected chi connectivity index (χ4v) is 2.76. The fourth-order valence-electron chi connectivity index (χ4n) is 1.84. The first-order valence-corrected chi connectivity index (χ1v) is 9.10. The van der Waals surface area contributed by atoms with Crippen molar-refractivity contribution in [2.75, 3.05) is 13.1 Å². The molecular weight excluding hydrogens is 380 g/mol. The number of hydrogen-bond acceptors (Lipinski definition) is 4. The molecule has 1 aromatic carbocycles. The van der Waals surface area contributed by atoms with Crippen LogP contribution in [-0.2, 0) is 11.2 Å². The molecule has 6 nitrogen and oxygen atoms in total. The smallest absolute Gasteiger partial charge is 0.261 e. The highest BCUT2D eigenvalue weighted by Gasteiger charge is 2.08. The largest absolute Gasteiger partial charge is 0.361 e. The molecule has 1 aromatic heterocycles. The average Bonchev–Trinajstić information content (AvgIpc) is 3.14. The Kier molecular flexibility index (Phi) is 7.65. The van der Waals surface area contributed by atoms with Crippen LogP contribution in [0.15, 0.2) is 41.8 Å². The Labute approximate surface area is 159 Å². The van der Waals surface area contributed by atoms with Crippen molar-refractivity contribution in [3.05, 3.63) is 57.2 Å². The summed E-state index contributed by atoms with van der Waals surface area (Å²) >= 11 is 12.2. The predicted octanol–water partition coefficient (Wildman–Crippen LogP) is 1.87. The van der Waals surface area contributed by atoms with E-state index in [4.69, 9.17) is 23.8 Å². The second-order valence-corrected chi connectivity index (χ2v) is 6.76. The summed E-state index contributed by atoms with van der Waals surface area (Å²) in [5, 5.41) is 8.29. The van der Waals surface area contributed by atoms with E-state index in [1.807, 2.05) is 24.3 Å². The molecule has 0 unspecified atom stereocenters. The van der Waals surface area contributed by atoms with Crippen molar-refractivity contribution >= 4 is 52.1 Å². The second-order valence-electron chi connectivity index (χ2n) is 4.97. The molecule has 0 bridgehead atoms. The normalized spacial score (nSPS) is 9.96. The van der Waals surface area contributed by atoms with E-state index < -0.39 is 5.91 Å². The zero-order chi connectivity index (χ0) is 18.1. The van der Waals surface area contributed by atoms with Gasteiger partial charge in [-0.1, -0.05) is 29.8 Å². The number of rotatable bonds is 6. The quantitative estimate of drug-likeness (QED) is 0.442. The molecule has 0 spiro atoms. The fraction of sp³-hybridized carbons (Fsp3) is 0.188. The molecule has 0 saturated heterocycles. The van der Waals surface area contributed by atoms with Crippen LogP contribution in [-0.4, -0.2) is 30.0 Å². The highest BCUT2D eigenvalue weighted by Crippen LogP contribution is 2.09. The molecule has 2 aromatic rings. The summed E-state index contributed by atoms with van der Waals surface area (Å²) in [5.74, 6) is -0.680. The van der Waals surface area contributed by atoms with Gasteiger partial charge in [0, 0.05) is 11.6 Å². The Morgan fingerprint density at radius 2 is 1.84 bits per heavy atom. The third-order valence-corrected chi connectivity index (χ3v) is 4.45. The molecule has 0 saturated carbocycles. The zero-order valence-electron chi connectivity index (χ0n) is 13.2. The zero-order valence-corrected chi connectivity index (χ0v) is 15.6. The summed E-state index contributed by atoms with van der Waals surface area (Å²) in [4.78, 5) is 23.9. The number of halogens is 1. The van der Waals surface area contributed by atoms with Crippen LogP contribution in [0.1, 0.15) is 15.2 Å². The Morgan fingerprint density at radius 3 is 2.52 bits per heavy atom. The van der Waals surface area contributed by atoms with Crippen LogP contribution in [0.3, 0.4) is 0 Å². The Morgan fingerprint density at radius 1 is 1.08 bits per heavy atom. The molecular formula is C16H17ClN4O2S2. The number of carbonyl (C=O) groups is 2. The summed E-state index contributed by atoms with van der Waals surface area (Å²) in [6, 6.07) is 11.0. The van der Waals surface area contributed by atoms with Gasteiger partial charge < -0.3 is 10.6 Å². The van der Waals surface area contributed by atoms with Gasteiger partial charge in [0.15, 0.2) is 5.11 Å². The van der Waals surface area contributed by atoms with E-state index >= 15 is 0 Å². The SMILES string of the molecule is O=C(CNC(=O)c1cccs1)NNC(=S)NCCc1ccc(Cl)cc1. The molecule has 9 heteroatoms. The van der Waals surface area contributed by atoms with Gasteiger partial charge in [-0.25, -0.2) is 0 Å². The highest BCUT2D eigenvalue weighted by molar-refractivity contribution is 7.80. The lowest BCUT2D eigenvalue weighted by molar-refractivity contribution is -0.120. The van der Waals surface area contributed by atoms with Crippen molar-refractivity contribution in [1.82, 2.24) is 21.5 Å². The molecule has 0 atom stereocenters. The Hall–Kier alpha value is -2.16. The topological polar surface area (TPSA) is 82.3 Å².